The summed E-state index contributed by atoms with van der Waals surface area (Å²) >= 11 is 12.2. The third-order valence-electron chi connectivity index (χ3n) is 4.47. The molecule has 7 heteroatoms. The molecule has 5 nitrogen and oxygen atoms in total. The summed E-state index contributed by atoms with van der Waals surface area (Å²) in [6, 6.07) is 10.6. The largest absolute Gasteiger partial charge is 0.420 e. The van der Waals surface area contributed by atoms with Gasteiger partial charge in [-0.3, -0.25) is 0 Å². The average molecular weight is 402 g/mol. The fraction of sp³-hybridized carbons (Fsp3) is 0.250. The van der Waals surface area contributed by atoms with Gasteiger partial charge in [0.2, 0.25) is 17.5 Å². The maximum absolute atomic E-state index is 10.3. The summed E-state index contributed by atoms with van der Waals surface area (Å²) in [6.07, 6.45) is -0.244. The van der Waals surface area contributed by atoms with Gasteiger partial charge in [0.25, 0.3) is 0 Å². The van der Waals surface area contributed by atoms with Gasteiger partial charge in [0.05, 0.1) is 23.6 Å². The molecule has 0 saturated carbocycles. The summed E-state index contributed by atoms with van der Waals surface area (Å²) in [6.45, 7) is 10.7. The molecule has 1 N–H and O–H groups in total. The van der Waals surface area contributed by atoms with Crippen LogP contribution in [0.2, 0.25) is 10.0 Å². The van der Waals surface area contributed by atoms with Crippen molar-refractivity contribution >= 4 is 28.9 Å². The van der Waals surface area contributed by atoms with Gasteiger partial charge in [-0.05, 0) is 55.7 Å². The first-order valence-electron chi connectivity index (χ1n) is 8.33. The smallest absolute Gasteiger partial charge is 0.247 e. The van der Waals surface area contributed by atoms with Crippen molar-refractivity contribution < 1.29 is 9.52 Å². The third-order valence-corrected chi connectivity index (χ3v) is 5.20. The molecule has 0 aliphatic heterocycles. The Morgan fingerprint density at radius 3 is 2.48 bits per heavy atom. The van der Waals surface area contributed by atoms with Crippen LogP contribution in [0.25, 0.3) is 16.3 Å². The van der Waals surface area contributed by atoms with Crippen LogP contribution >= 0.6 is 23.2 Å². The van der Waals surface area contributed by atoms with Crippen molar-refractivity contribution in [2.24, 2.45) is 0 Å². The molecule has 3 rings (SSSR count). The molecular weight excluding hydrogens is 385 g/mol. The van der Waals surface area contributed by atoms with Gasteiger partial charge in [-0.2, -0.15) is 0 Å². The van der Waals surface area contributed by atoms with E-state index in [0.29, 0.717) is 33.9 Å². The van der Waals surface area contributed by atoms with Gasteiger partial charge in [-0.15, -0.1) is 10.2 Å². The molecule has 1 aromatic heterocycles. The second kappa shape index (κ2) is 8.10. The van der Waals surface area contributed by atoms with Crippen LogP contribution < -0.4 is 0 Å². The van der Waals surface area contributed by atoms with Crippen molar-refractivity contribution in [2.75, 3.05) is 0 Å². The van der Waals surface area contributed by atoms with Gasteiger partial charge in [-0.1, -0.05) is 35.3 Å². The molecule has 0 amide bonds. The predicted molar refractivity (Wildman–Crippen MR) is 105 cm³/mol. The average Bonchev–Trinajstić information content (AvgIpc) is 3.13. The van der Waals surface area contributed by atoms with E-state index in [0.717, 1.165) is 16.7 Å². The number of aliphatic hydroxyl groups excluding tert-OH is 1. The lowest BCUT2D eigenvalue weighted by molar-refractivity contribution is 0.148. The van der Waals surface area contributed by atoms with Gasteiger partial charge in [0.15, 0.2) is 0 Å². The summed E-state index contributed by atoms with van der Waals surface area (Å²) in [5.41, 5.74) is 2.90. The highest BCUT2D eigenvalue weighted by Gasteiger charge is 2.26. The molecule has 0 fully saturated rings. The van der Waals surface area contributed by atoms with Crippen molar-refractivity contribution in [1.82, 2.24) is 10.2 Å². The minimum Gasteiger partial charge on any atom is -0.420 e. The van der Waals surface area contributed by atoms with Crippen LogP contribution in [0.15, 0.2) is 40.8 Å². The summed E-state index contributed by atoms with van der Waals surface area (Å²) < 4.78 is 5.81. The van der Waals surface area contributed by atoms with Crippen LogP contribution in [0.1, 0.15) is 29.9 Å². The van der Waals surface area contributed by atoms with Crippen molar-refractivity contribution in [2.45, 2.75) is 32.3 Å². The van der Waals surface area contributed by atoms with Crippen molar-refractivity contribution in [3.05, 3.63) is 74.9 Å². The topological polar surface area (TPSA) is 63.5 Å². The summed E-state index contributed by atoms with van der Waals surface area (Å²) in [5.74, 6) is 0.317. The zero-order valence-electron chi connectivity index (χ0n) is 14.8. The Bertz CT molecular complexity index is 991. The molecule has 27 heavy (non-hydrogen) atoms. The lowest BCUT2D eigenvalue weighted by Crippen LogP contribution is -2.18. The molecule has 0 spiro atoms. The summed E-state index contributed by atoms with van der Waals surface area (Å²) in [4.78, 5) is 3.41. The first kappa shape index (κ1) is 19.4. The van der Waals surface area contributed by atoms with Crippen molar-refractivity contribution in [3.63, 3.8) is 0 Å². The van der Waals surface area contributed by atoms with Gasteiger partial charge >= 0.3 is 0 Å². The number of hydrogen-bond donors (Lipinski definition) is 1. The molecule has 0 aliphatic carbocycles. The Balaban J connectivity index is 1.90. The van der Waals surface area contributed by atoms with E-state index in [2.05, 4.69) is 15.0 Å². The highest BCUT2D eigenvalue weighted by atomic mass is 35.5. The number of hydrogen-bond acceptors (Lipinski definition) is 4. The zero-order chi connectivity index (χ0) is 19.6. The molecule has 2 atom stereocenters. The second-order valence-electron chi connectivity index (χ2n) is 6.30. The number of aliphatic hydroxyl groups is 1. The maximum Gasteiger partial charge on any atom is 0.247 e. The van der Waals surface area contributed by atoms with E-state index < -0.39 is 12.0 Å². The first-order chi connectivity index (χ1) is 12.9. The van der Waals surface area contributed by atoms with Crippen LogP contribution in [0.3, 0.4) is 0 Å². The van der Waals surface area contributed by atoms with E-state index in [1.807, 2.05) is 13.0 Å². The molecule has 2 aromatic carbocycles. The fourth-order valence-corrected chi connectivity index (χ4v) is 3.17. The molecule has 138 valence electrons. The normalized spacial score (nSPS) is 13.2. The van der Waals surface area contributed by atoms with E-state index in [1.54, 1.807) is 37.3 Å². The Hall–Kier alpha value is -2.39. The lowest BCUT2D eigenvalue weighted by Gasteiger charge is -2.18. The second-order valence-corrected chi connectivity index (χ2v) is 7.11. The van der Waals surface area contributed by atoms with Gasteiger partial charge in [0.1, 0.15) is 0 Å². The standard InChI is InChI=1S/C20H17Cl2N3O2/c1-11-14(6-9-17(23-3)18(11)22)10-16(12(2)26)20-25-24-19(27-20)13-4-7-15(21)8-5-13/h4-9,12,16,26H,10H2,1-2H3/t12-,16-/m1/s1. The molecule has 0 unspecified atom stereocenters. The predicted octanol–water partition coefficient (Wildman–Crippen LogP) is 5.61. The summed E-state index contributed by atoms with van der Waals surface area (Å²) in [5, 5.41) is 19.5. The van der Waals surface area contributed by atoms with Gasteiger partial charge < -0.3 is 9.52 Å². The quantitative estimate of drug-likeness (QED) is 0.564. The van der Waals surface area contributed by atoms with Gasteiger partial charge in [0, 0.05) is 10.6 Å². The molecule has 0 bridgehead atoms. The van der Waals surface area contributed by atoms with Crippen LogP contribution in [-0.4, -0.2) is 21.4 Å². The van der Waals surface area contributed by atoms with E-state index in [4.69, 9.17) is 34.2 Å². The molecule has 3 aromatic rings. The minimum absolute atomic E-state index is 0.347. The Morgan fingerprint density at radius 1 is 1.15 bits per heavy atom. The van der Waals surface area contributed by atoms with E-state index in [9.17, 15) is 5.11 Å². The SMILES string of the molecule is [C-]#[N+]c1ccc(C[C@@H](c2nnc(-c3ccc(Cl)cc3)o2)[C@@H](C)O)c(C)c1Cl. The molecular formula is C20H17Cl2N3O2. The maximum atomic E-state index is 10.3. The first-order valence-corrected chi connectivity index (χ1v) is 9.09. The summed E-state index contributed by atoms with van der Waals surface area (Å²) in [7, 11) is 0. The zero-order valence-corrected chi connectivity index (χ0v) is 16.3. The van der Waals surface area contributed by atoms with Crippen molar-refractivity contribution in [3.8, 4) is 11.5 Å². The number of nitrogens with zero attached hydrogens (tertiary/aromatic N) is 3. The Labute approximate surface area is 167 Å². The third kappa shape index (κ3) is 4.14. The van der Waals surface area contributed by atoms with E-state index >= 15 is 0 Å². The number of rotatable bonds is 5. The van der Waals surface area contributed by atoms with Crippen LogP contribution in [0.5, 0.6) is 0 Å². The van der Waals surface area contributed by atoms with Crippen LogP contribution in [0, 0.1) is 13.5 Å². The highest BCUT2D eigenvalue weighted by Crippen LogP contribution is 2.34. The van der Waals surface area contributed by atoms with Crippen LogP contribution in [0.4, 0.5) is 5.69 Å². The Morgan fingerprint density at radius 2 is 1.85 bits per heavy atom. The Kier molecular flexibility index (Phi) is 5.81. The molecule has 1 heterocycles. The number of halogens is 2. The van der Waals surface area contributed by atoms with Crippen molar-refractivity contribution in [1.29, 1.82) is 0 Å². The number of benzene rings is 2. The molecule has 0 saturated heterocycles. The fourth-order valence-electron chi connectivity index (χ4n) is 2.81. The number of aromatic nitrogens is 2. The monoisotopic (exact) mass is 401 g/mol. The van der Waals surface area contributed by atoms with E-state index in [1.165, 1.54) is 0 Å². The van der Waals surface area contributed by atoms with Crippen LogP contribution in [-0.2, 0) is 6.42 Å². The molecule has 0 radical (unpaired) electrons. The minimum atomic E-state index is -0.706. The lowest BCUT2D eigenvalue weighted by atomic mass is 9.92. The van der Waals surface area contributed by atoms with Gasteiger partial charge in [-0.25, -0.2) is 4.85 Å². The molecule has 0 aliphatic rings. The highest BCUT2D eigenvalue weighted by molar-refractivity contribution is 6.34. The van der Waals surface area contributed by atoms with E-state index in [-0.39, 0.29) is 0 Å².